The molecule has 5 amide bonds. The second-order valence-corrected chi connectivity index (χ2v) is 15.8. The highest BCUT2D eigenvalue weighted by Gasteiger charge is 2.51. The number of hydrogen-bond acceptors (Lipinski definition) is 7. The second-order valence-electron chi connectivity index (χ2n) is 15.8. The molecule has 4 aromatic rings. The number of carbonyl (C=O) groups excluding carboxylic acids is 5. The van der Waals surface area contributed by atoms with Gasteiger partial charge in [-0.3, -0.25) is 34.2 Å². The first-order valence-corrected chi connectivity index (χ1v) is 21.0. The van der Waals surface area contributed by atoms with Gasteiger partial charge in [0.25, 0.3) is 5.91 Å². The van der Waals surface area contributed by atoms with Gasteiger partial charge in [-0.2, -0.15) is 0 Å². The largest absolute Gasteiger partial charge is 0.481 e. The Morgan fingerprint density at radius 1 is 0.726 bits per heavy atom. The van der Waals surface area contributed by atoms with Gasteiger partial charge in [-0.25, -0.2) is 0 Å². The van der Waals surface area contributed by atoms with E-state index in [1.54, 1.807) is 35.2 Å². The minimum absolute atomic E-state index is 0.0238. The maximum absolute atomic E-state index is 14.4. The van der Waals surface area contributed by atoms with Crippen molar-refractivity contribution in [1.29, 1.82) is 5.41 Å². The van der Waals surface area contributed by atoms with Gasteiger partial charge < -0.3 is 42.3 Å². The molecule has 4 unspecified atom stereocenters. The number of carboxylic acid groups (broad SMARTS) is 1. The van der Waals surface area contributed by atoms with Gasteiger partial charge in [-0.1, -0.05) is 109 Å². The van der Waals surface area contributed by atoms with Gasteiger partial charge in [-0.15, -0.1) is 0 Å². The summed E-state index contributed by atoms with van der Waals surface area (Å²) in [6, 6.07) is 32.9. The summed E-state index contributed by atoms with van der Waals surface area (Å²) in [5.74, 6) is -4.84. The Labute approximate surface area is 360 Å². The number of amides is 5. The number of piperidine rings is 1. The van der Waals surface area contributed by atoms with Crippen molar-refractivity contribution in [3.63, 3.8) is 0 Å². The van der Waals surface area contributed by atoms with Crippen molar-refractivity contribution in [3.8, 4) is 0 Å². The third kappa shape index (κ3) is 11.8. The van der Waals surface area contributed by atoms with E-state index in [2.05, 4.69) is 26.6 Å². The van der Waals surface area contributed by atoms with Crippen molar-refractivity contribution in [1.82, 2.24) is 31.5 Å². The molecule has 62 heavy (non-hydrogen) atoms. The number of carboxylic acids is 1. The molecule has 0 bridgehead atoms. The molecule has 0 radical (unpaired) electrons. The van der Waals surface area contributed by atoms with Crippen molar-refractivity contribution in [2.45, 2.75) is 81.1 Å². The summed E-state index contributed by atoms with van der Waals surface area (Å²) in [6.45, 7) is 0.148. The molecule has 324 valence electrons. The van der Waals surface area contributed by atoms with E-state index >= 15 is 0 Å². The molecular formula is C47H54N8O7. The standard InChI is InChI=1S/C47H54N8O7/c48-47(49)51-26-24-36(44(60)54-38(29-41(56)57)43(59)50-25-23-35(31-15-7-2-8-16-31)32-17-9-3-10-18-32)52-45(61)40-28-34(27-30-13-5-1-6-14-30)39-22-21-37(46(62)55(39)40)53-42(58)33-19-11-4-12-20-33/h1-20,34-40H,21-29H2,(H,50,59)(H,52,61)(H,53,58)(H,54,60)(H,56,57)(H4,48,49,51)/t34-,36?,37?,38?,39+,40?/m1/s1. The summed E-state index contributed by atoms with van der Waals surface area (Å²) in [5, 5.41) is 31.0. The van der Waals surface area contributed by atoms with E-state index in [1.165, 1.54) is 0 Å². The number of carbonyl (C=O) groups is 6. The number of nitrogens with zero attached hydrogens (tertiary/aromatic N) is 1. The number of rotatable bonds is 19. The molecule has 0 saturated carbocycles. The van der Waals surface area contributed by atoms with Crippen molar-refractivity contribution in [2.24, 2.45) is 11.7 Å². The van der Waals surface area contributed by atoms with Crippen LogP contribution in [0.1, 0.15) is 71.5 Å². The minimum atomic E-state index is -1.49. The number of aliphatic carboxylic acids is 1. The Morgan fingerprint density at radius 3 is 1.90 bits per heavy atom. The molecule has 2 aliphatic rings. The van der Waals surface area contributed by atoms with Crippen LogP contribution in [0.15, 0.2) is 121 Å². The third-order valence-corrected chi connectivity index (χ3v) is 11.6. The van der Waals surface area contributed by atoms with E-state index in [-0.39, 0.29) is 49.8 Å². The first-order valence-electron chi connectivity index (χ1n) is 21.0. The van der Waals surface area contributed by atoms with Crippen LogP contribution in [0.5, 0.6) is 0 Å². The second kappa shape index (κ2) is 21.5. The molecule has 0 aliphatic carbocycles. The molecule has 0 spiro atoms. The molecule has 2 heterocycles. The van der Waals surface area contributed by atoms with Crippen LogP contribution in [0.4, 0.5) is 0 Å². The van der Waals surface area contributed by atoms with Gasteiger partial charge in [0.05, 0.1) is 6.42 Å². The highest BCUT2D eigenvalue weighted by Crippen LogP contribution is 2.39. The van der Waals surface area contributed by atoms with Crippen molar-refractivity contribution in [3.05, 3.63) is 144 Å². The first-order chi connectivity index (χ1) is 30.0. The maximum atomic E-state index is 14.4. The Balaban J connectivity index is 1.17. The van der Waals surface area contributed by atoms with E-state index < -0.39 is 66.1 Å². The number of nitrogens with one attached hydrogen (secondary N) is 6. The summed E-state index contributed by atoms with van der Waals surface area (Å²) < 4.78 is 0. The zero-order chi connectivity index (χ0) is 44.0. The van der Waals surface area contributed by atoms with Gasteiger partial charge in [0.2, 0.25) is 23.6 Å². The van der Waals surface area contributed by atoms with Crippen LogP contribution < -0.4 is 32.3 Å². The topological polar surface area (TPSA) is 236 Å². The lowest BCUT2D eigenvalue weighted by Gasteiger charge is -2.39. The van der Waals surface area contributed by atoms with Crippen LogP contribution in [-0.4, -0.2) is 94.8 Å². The lowest BCUT2D eigenvalue weighted by Crippen LogP contribution is -2.61. The van der Waals surface area contributed by atoms with E-state index in [1.807, 2.05) is 91.0 Å². The van der Waals surface area contributed by atoms with Crippen LogP contribution in [-0.2, 0) is 30.4 Å². The minimum Gasteiger partial charge on any atom is -0.481 e. The molecule has 15 heteroatoms. The number of guanidine groups is 1. The number of benzene rings is 4. The van der Waals surface area contributed by atoms with Crippen molar-refractivity contribution >= 4 is 41.5 Å². The van der Waals surface area contributed by atoms with Gasteiger partial charge in [0.1, 0.15) is 24.2 Å². The van der Waals surface area contributed by atoms with Crippen molar-refractivity contribution < 1.29 is 33.9 Å². The molecule has 2 aliphatic heterocycles. The molecule has 2 saturated heterocycles. The quantitative estimate of drug-likeness (QED) is 0.0511. The SMILES string of the molecule is N=C(N)NCCC(NC(=O)C1C[C@@H](Cc2ccccc2)[C@@H]2CCC(NC(=O)c3ccccc3)C(=O)N12)C(=O)NC(CC(=O)O)C(=O)NCCC(c1ccccc1)c1ccccc1. The van der Waals surface area contributed by atoms with Gasteiger partial charge in [0, 0.05) is 30.6 Å². The first kappa shape index (κ1) is 44.5. The molecular weight excluding hydrogens is 789 g/mol. The molecule has 9 N–H and O–H groups in total. The van der Waals surface area contributed by atoms with E-state index in [9.17, 15) is 33.9 Å². The molecule has 2 fully saturated rings. The van der Waals surface area contributed by atoms with Crippen LogP contribution in [0.3, 0.4) is 0 Å². The highest BCUT2D eigenvalue weighted by molar-refractivity contribution is 5.99. The Bertz CT molecular complexity index is 2140. The van der Waals surface area contributed by atoms with Crippen molar-refractivity contribution in [2.75, 3.05) is 13.1 Å². The monoisotopic (exact) mass is 842 g/mol. The van der Waals surface area contributed by atoms with E-state index in [4.69, 9.17) is 11.1 Å². The van der Waals surface area contributed by atoms with E-state index in [0.717, 1.165) is 16.7 Å². The average Bonchev–Trinajstić information content (AvgIpc) is 3.65. The lowest BCUT2D eigenvalue weighted by molar-refractivity contribution is -0.145. The van der Waals surface area contributed by atoms with Crippen LogP contribution in [0.2, 0.25) is 0 Å². The smallest absolute Gasteiger partial charge is 0.305 e. The predicted octanol–water partition coefficient (Wildman–Crippen LogP) is 3.06. The normalized spacial score (nSPS) is 19.0. The number of hydrogen-bond donors (Lipinski definition) is 8. The number of fused-ring (bicyclic) bond motifs is 1. The van der Waals surface area contributed by atoms with Gasteiger partial charge in [-0.05, 0) is 73.3 Å². The summed E-state index contributed by atoms with van der Waals surface area (Å²) in [5.41, 5.74) is 9.03. The van der Waals surface area contributed by atoms with Crippen LogP contribution >= 0.6 is 0 Å². The van der Waals surface area contributed by atoms with Gasteiger partial charge in [0.15, 0.2) is 5.96 Å². The zero-order valence-electron chi connectivity index (χ0n) is 34.4. The van der Waals surface area contributed by atoms with Gasteiger partial charge >= 0.3 is 5.97 Å². The maximum Gasteiger partial charge on any atom is 0.305 e. The molecule has 15 nitrogen and oxygen atoms in total. The molecule has 6 rings (SSSR count). The zero-order valence-corrected chi connectivity index (χ0v) is 34.4. The summed E-state index contributed by atoms with van der Waals surface area (Å²) >= 11 is 0. The lowest BCUT2D eigenvalue weighted by atomic mass is 9.86. The fourth-order valence-electron chi connectivity index (χ4n) is 8.59. The fraction of sp³-hybridized carbons (Fsp3) is 0.340. The summed E-state index contributed by atoms with van der Waals surface area (Å²) in [7, 11) is 0. The van der Waals surface area contributed by atoms with Crippen LogP contribution in [0, 0.1) is 11.3 Å². The predicted molar refractivity (Wildman–Crippen MR) is 233 cm³/mol. The molecule has 6 atom stereocenters. The number of nitrogens with two attached hydrogens (primary N) is 1. The Hall–Kier alpha value is -7.03. The molecule has 4 aromatic carbocycles. The van der Waals surface area contributed by atoms with E-state index in [0.29, 0.717) is 31.2 Å². The Morgan fingerprint density at radius 2 is 1.31 bits per heavy atom. The summed E-state index contributed by atoms with van der Waals surface area (Å²) in [6.07, 6.45) is 1.46. The highest BCUT2D eigenvalue weighted by atomic mass is 16.4. The average molecular weight is 843 g/mol. The fourth-order valence-corrected chi connectivity index (χ4v) is 8.59. The third-order valence-electron chi connectivity index (χ3n) is 11.6. The molecule has 0 aromatic heterocycles. The summed E-state index contributed by atoms with van der Waals surface area (Å²) in [4.78, 5) is 83.0. The Kier molecular flexibility index (Phi) is 15.4. The van der Waals surface area contributed by atoms with Crippen LogP contribution in [0.25, 0.3) is 0 Å².